The Hall–Kier alpha value is -2.41. The van der Waals surface area contributed by atoms with Crippen molar-refractivity contribution in [3.63, 3.8) is 0 Å². The molecule has 1 heterocycles. The van der Waals surface area contributed by atoms with Gasteiger partial charge < -0.3 is 20.3 Å². The lowest BCUT2D eigenvalue weighted by Crippen LogP contribution is -2.45. The van der Waals surface area contributed by atoms with Gasteiger partial charge in [0.05, 0.1) is 5.54 Å². The fourth-order valence-electron chi connectivity index (χ4n) is 1.47. The summed E-state index contributed by atoms with van der Waals surface area (Å²) >= 11 is 0. The quantitative estimate of drug-likeness (QED) is 0.867. The molecule has 1 amide bonds. The fourth-order valence-corrected chi connectivity index (χ4v) is 1.47. The maximum atomic E-state index is 11.7. The van der Waals surface area contributed by atoms with Gasteiger partial charge in [-0.3, -0.25) is 4.79 Å². The van der Waals surface area contributed by atoms with Gasteiger partial charge in [0.25, 0.3) is 0 Å². The highest BCUT2D eigenvalue weighted by Gasteiger charge is 2.21. The van der Waals surface area contributed by atoms with Gasteiger partial charge in [-0.05, 0) is 38.1 Å². The van der Waals surface area contributed by atoms with Gasteiger partial charge in [-0.25, -0.2) is 0 Å². The summed E-state index contributed by atoms with van der Waals surface area (Å²) in [6, 6.07) is 6.96. The second-order valence-electron chi connectivity index (χ2n) is 5.22. The lowest BCUT2D eigenvalue weighted by atomic mass is 10.1. The Morgan fingerprint density at radius 1 is 1.38 bits per heavy atom. The number of aromatic nitrogens is 2. The van der Waals surface area contributed by atoms with Gasteiger partial charge in [-0.1, -0.05) is 5.16 Å². The third-order valence-electron chi connectivity index (χ3n) is 2.63. The number of ether oxygens (including phenoxy) is 1. The van der Waals surface area contributed by atoms with Gasteiger partial charge in [0.15, 0.2) is 6.61 Å². The van der Waals surface area contributed by atoms with Crippen LogP contribution in [0.25, 0.3) is 0 Å². The van der Waals surface area contributed by atoms with Crippen molar-refractivity contribution in [2.75, 3.05) is 5.32 Å². The number of nitrogens with two attached hydrogens (primary N) is 1. The molecule has 0 radical (unpaired) electrons. The first-order valence-corrected chi connectivity index (χ1v) is 6.47. The van der Waals surface area contributed by atoms with Gasteiger partial charge in [0.1, 0.15) is 5.75 Å². The first-order chi connectivity index (χ1) is 9.84. The van der Waals surface area contributed by atoms with Crippen LogP contribution in [0.3, 0.4) is 0 Å². The number of benzene rings is 1. The molecule has 0 spiro atoms. The lowest BCUT2D eigenvalue weighted by Gasteiger charge is -2.17. The minimum Gasteiger partial charge on any atom is -0.485 e. The summed E-state index contributed by atoms with van der Waals surface area (Å²) in [4.78, 5) is 15.8. The molecule has 7 nitrogen and oxygen atoms in total. The minimum absolute atomic E-state index is 0.221. The second-order valence-corrected chi connectivity index (χ2v) is 5.22. The SMILES string of the molecule is Cc1nc(COc2ccc(NC(=O)C(C)(C)N)cc2)no1. The van der Waals surface area contributed by atoms with E-state index in [1.165, 1.54) is 0 Å². The molecule has 0 atom stereocenters. The number of hydrogen-bond donors (Lipinski definition) is 2. The Balaban J connectivity index is 1.91. The molecule has 0 saturated carbocycles. The highest BCUT2D eigenvalue weighted by molar-refractivity contribution is 5.97. The highest BCUT2D eigenvalue weighted by atomic mass is 16.5. The zero-order valence-electron chi connectivity index (χ0n) is 12.2. The maximum Gasteiger partial charge on any atom is 0.243 e. The summed E-state index contributed by atoms with van der Waals surface area (Å²) in [5.74, 6) is 1.37. The summed E-state index contributed by atoms with van der Waals surface area (Å²) < 4.78 is 10.4. The number of nitrogens with zero attached hydrogens (tertiary/aromatic N) is 2. The number of carbonyl (C=O) groups is 1. The van der Waals surface area contributed by atoms with E-state index in [1.807, 2.05) is 0 Å². The molecule has 1 aromatic heterocycles. The number of carbonyl (C=O) groups excluding carboxylic acids is 1. The molecule has 3 N–H and O–H groups in total. The van der Waals surface area contributed by atoms with Crippen LogP contribution < -0.4 is 15.8 Å². The molecule has 0 aliphatic rings. The molecule has 112 valence electrons. The van der Waals surface area contributed by atoms with E-state index in [0.717, 1.165) is 0 Å². The van der Waals surface area contributed by atoms with Crippen LogP contribution in [0, 0.1) is 6.92 Å². The van der Waals surface area contributed by atoms with Gasteiger partial charge in [0.2, 0.25) is 17.6 Å². The summed E-state index contributed by atoms with van der Waals surface area (Å²) in [7, 11) is 0. The van der Waals surface area contributed by atoms with E-state index < -0.39 is 5.54 Å². The minimum atomic E-state index is -0.925. The van der Waals surface area contributed by atoms with Crippen molar-refractivity contribution in [2.24, 2.45) is 5.73 Å². The third-order valence-corrected chi connectivity index (χ3v) is 2.63. The van der Waals surface area contributed by atoms with Crippen molar-refractivity contribution in [3.05, 3.63) is 36.0 Å². The number of amides is 1. The van der Waals surface area contributed by atoms with Crippen molar-refractivity contribution in [2.45, 2.75) is 32.9 Å². The number of aryl methyl sites for hydroxylation is 1. The fraction of sp³-hybridized carbons (Fsp3) is 0.357. The summed E-state index contributed by atoms with van der Waals surface area (Å²) in [5, 5.41) is 6.46. The molecule has 0 fully saturated rings. The maximum absolute atomic E-state index is 11.7. The van der Waals surface area contributed by atoms with Crippen molar-refractivity contribution < 1.29 is 14.1 Å². The van der Waals surface area contributed by atoms with E-state index in [0.29, 0.717) is 23.2 Å². The topological polar surface area (TPSA) is 103 Å². The molecule has 1 aromatic carbocycles. The summed E-state index contributed by atoms with van der Waals surface area (Å²) in [5.41, 5.74) is 5.44. The molecule has 0 saturated heterocycles. The molecule has 2 rings (SSSR count). The molecule has 0 aliphatic carbocycles. The molecule has 0 unspecified atom stereocenters. The molecule has 21 heavy (non-hydrogen) atoms. The van der Waals surface area contributed by atoms with Crippen LogP contribution in [0.15, 0.2) is 28.8 Å². The molecule has 2 aromatic rings. The predicted molar refractivity (Wildman–Crippen MR) is 76.7 cm³/mol. The standard InChI is InChI=1S/C14H18N4O3/c1-9-16-12(18-21-9)8-20-11-6-4-10(5-7-11)17-13(19)14(2,3)15/h4-7H,8,15H2,1-3H3,(H,17,19). The van der Waals surface area contributed by atoms with E-state index >= 15 is 0 Å². The first kappa shape index (κ1) is 15.0. The highest BCUT2D eigenvalue weighted by Crippen LogP contribution is 2.17. The summed E-state index contributed by atoms with van der Waals surface area (Å²) in [6.07, 6.45) is 0. The van der Waals surface area contributed by atoms with Crippen LogP contribution in [0.5, 0.6) is 5.75 Å². The molecule has 0 aliphatic heterocycles. The van der Waals surface area contributed by atoms with Crippen LogP contribution in [0.1, 0.15) is 25.6 Å². The number of rotatable bonds is 5. The Morgan fingerprint density at radius 2 is 2.05 bits per heavy atom. The monoisotopic (exact) mass is 290 g/mol. The average Bonchev–Trinajstić information content (AvgIpc) is 2.83. The van der Waals surface area contributed by atoms with E-state index in [4.69, 9.17) is 15.0 Å². The molecule has 0 bridgehead atoms. The Morgan fingerprint density at radius 3 is 2.57 bits per heavy atom. The van der Waals surface area contributed by atoms with Crippen molar-refractivity contribution in [1.82, 2.24) is 10.1 Å². The van der Waals surface area contributed by atoms with Gasteiger partial charge in [-0.15, -0.1) is 0 Å². The van der Waals surface area contributed by atoms with E-state index in [-0.39, 0.29) is 12.5 Å². The van der Waals surface area contributed by atoms with Gasteiger partial charge in [-0.2, -0.15) is 4.98 Å². The Kier molecular flexibility index (Phi) is 4.23. The largest absolute Gasteiger partial charge is 0.485 e. The third kappa shape index (κ3) is 4.28. The van der Waals surface area contributed by atoms with Crippen LogP contribution >= 0.6 is 0 Å². The zero-order valence-corrected chi connectivity index (χ0v) is 12.2. The van der Waals surface area contributed by atoms with Gasteiger partial charge in [0, 0.05) is 12.6 Å². The van der Waals surface area contributed by atoms with Crippen LogP contribution in [0.2, 0.25) is 0 Å². The Labute approximate surface area is 122 Å². The molecular weight excluding hydrogens is 272 g/mol. The van der Waals surface area contributed by atoms with Crippen LogP contribution in [0.4, 0.5) is 5.69 Å². The predicted octanol–water partition coefficient (Wildman–Crippen LogP) is 1.63. The first-order valence-electron chi connectivity index (χ1n) is 6.47. The molecule has 7 heteroatoms. The lowest BCUT2D eigenvalue weighted by molar-refractivity contribution is -0.120. The van der Waals surface area contributed by atoms with Gasteiger partial charge >= 0.3 is 0 Å². The Bertz CT molecular complexity index is 614. The second kappa shape index (κ2) is 5.92. The number of hydrogen-bond acceptors (Lipinski definition) is 6. The average molecular weight is 290 g/mol. The van der Waals surface area contributed by atoms with E-state index in [9.17, 15) is 4.79 Å². The normalized spacial score (nSPS) is 11.2. The van der Waals surface area contributed by atoms with Crippen LogP contribution in [-0.4, -0.2) is 21.6 Å². The number of anilines is 1. The zero-order chi connectivity index (χ0) is 15.5. The van der Waals surface area contributed by atoms with Crippen molar-refractivity contribution in [3.8, 4) is 5.75 Å². The van der Waals surface area contributed by atoms with Crippen molar-refractivity contribution >= 4 is 11.6 Å². The molecular formula is C14H18N4O3. The summed E-state index contributed by atoms with van der Waals surface area (Å²) in [6.45, 7) is 5.23. The van der Waals surface area contributed by atoms with E-state index in [1.54, 1.807) is 45.0 Å². The smallest absolute Gasteiger partial charge is 0.243 e. The number of nitrogens with one attached hydrogen (secondary N) is 1. The van der Waals surface area contributed by atoms with E-state index in [2.05, 4.69) is 15.5 Å². The van der Waals surface area contributed by atoms with Crippen molar-refractivity contribution in [1.29, 1.82) is 0 Å². The van der Waals surface area contributed by atoms with Crippen LogP contribution in [-0.2, 0) is 11.4 Å².